The van der Waals surface area contributed by atoms with Crippen molar-refractivity contribution in [3.63, 3.8) is 0 Å². The van der Waals surface area contributed by atoms with E-state index in [0.29, 0.717) is 5.92 Å². The topological polar surface area (TPSA) is 29.5 Å². The molecule has 1 amide bonds. The van der Waals surface area contributed by atoms with Crippen LogP contribution in [-0.2, 0) is 4.74 Å². The van der Waals surface area contributed by atoms with Crippen LogP contribution in [0.4, 0.5) is 4.79 Å². The molecule has 4 heteroatoms. The van der Waals surface area contributed by atoms with Crippen molar-refractivity contribution in [1.82, 2.24) is 4.90 Å². The number of hydrogen-bond donors (Lipinski definition) is 1. The monoisotopic (exact) mass is 273 g/mol. The number of hydrogen-bond acceptors (Lipinski definition) is 3. The van der Waals surface area contributed by atoms with E-state index < -0.39 is 5.60 Å². The fraction of sp³-hybridized carbons (Fsp3) is 0.929. The molecule has 0 radical (unpaired) electrons. The number of carbonyl (C=O) groups excluding carboxylic acids is 1. The Labute approximate surface area is 117 Å². The van der Waals surface area contributed by atoms with Crippen LogP contribution in [0, 0.1) is 5.92 Å². The number of ether oxygens (including phenoxy) is 1. The van der Waals surface area contributed by atoms with Crippen LogP contribution in [0.1, 0.15) is 52.9 Å². The van der Waals surface area contributed by atoms with Gasteiger partial charge in [0.05, 0.1) is 0 Å². The molecular formula is C14H27NO2S. The van der Waals surface area contributed by atoms with Crippen LogP contribution in [-0.4, -0.2) is 35.4 Å². The largest absolute Gasteiger partial charge is 0.444 e. The molecule has 0 aromatic heterocycles. The van der Waals surface area contributed by atoms with Crippen LogP contribution in [0.2, 0.25) is 0 Å². The SMILES string of the molecule is CC(C)(C)OC(=O)N1CCCC(CCCCS)C1. The number of piperidine rings is 1. The third-order valence-electron chi connectivity index (χ3n) is 3.19. The molecular weight excluding hydrogens is 246 g/mol. The second kappa shape index (κ2) is 7.27. The highest BCUT2D eigenvalue weighted by Crippen LogP contribution is 2.23. The molecule has 106 valence electrons. The first-order chi connectivity index (χ1) is 8.42. The molecule has 18 heavy (non-hydrogen) atoms. The predicted octanol–water partition coefficient (Wildman–Crippen LogP) is 3.73. The van der Waals surface area contributed by atoms with Crippen LogP contribution >= 0.6 is 12.6 Å². The van der Waals surface area contributed by atoms with Crippen molar-refractivity contribution in [3.8, 4) is 0 Å². The Morgan fingerprint density at radius 3 is 2.72 bits per heavy atom. The van der Waals surface area contributed by atoms with Gasteiger partial charge in [-0.25, -0.2) is 4.79 Å². The molecule has 0 aromatic rings. The van der Waals surface area contributed by atoms with E-state index in [0.717, 1.165) is 25.3 Å². The number of unbranched alkanes of at least 4 members (excludes halogenated alkanes) is 1. The van der Waals surface area contributed by atoms with Crippen LogP contribution in [0.5, 0.6) is 0 Å². The molecule has 1 rings (SSSR count). The summed E-state index contributed by atoms with van der Waals surface area (Å²) in [4.78, 5) is 13.9. The summed E-state index contributed by atoms with van der Waals surface area (Å²) >= 11 is 4.23. The van der Waals surface area contributed by atoms with E-state index in [1.165, 1.54) is 25.7 Å². The minimum absolute atomic E-state index is 0.151. The molecule has 1 aliphatic heterocycles. The van der Waals surface area contributed by atoms with Crippen molar-refractivity contribution < 1.29 is 9.53 Å². The highest BCUT2D eigenvalue weighted by atomic mass is 32.1. The standard InChI is InChI=1S/C14H27NO2S/c1-14(2,3)17-13(16)15-9-6-8-12(11-15)7-4-5-10-18/h12,18H,4-11H2,1-3H3. The highest BCUT2D eigenvalue weighted by Gasteiger charge is 2.27. The first-order valence-electron chi connectivity index (χ1n) is 7.01. The molecule has 0 saturated carbocycles. The maximum atomic E-state index is 12.0. The van der Waals surface area contributed by atoms with Crippen LogP contribution in [0.25, 0.3) is 0 Å². The molecule has 1 aliphatic rings. The maximum absolute atomic E-state index is 12.0. The number of rotatable bonds is 4. The van der Waals surface area contributed by atoms with E-state index in [1.54, 1.807) is 0 Å². The van der Waals surface area contributed by atoms with Crippen LogP contribution in [0.3, 0.4) is 0 Å². The van der Waals surface area contributed by atoms with E-state index in [1.807, 2.05) is 25.7 Å². The number of carbonyl (C=O) groups is 1. The van der Waals surface area contributed by atoms with Gasteiger partial charge in [-0.15, -0.1) is 0 Å². The van der Waals surface area contributed by atoms with E-state index in [9.17, 15) is 4.79 Å². The van der Waals surface area contributed by atoms with Gasteiger partial charge >= 0.3 is 6.09 Å². The number of thiol groups is 1. The average molecular weight is 273 g/mol. The van der Waals surface area contributed by atoms with Crippen molar-refractivity contribution in [2.75, 3.05) is 18.8 Å². The van der Waals surface area contributed by atoms with Gasteiger partial charge in [0.25, 0.3) is 0 Å². The lowest BCUT2D eigenvalue weighted by molar-refractivity contribution is 0.0161. The van der Waals surface area contributed by atoms with Gasteiger partial charge < -0.3 is 9.64 Å². The summed E-state index contributed by atoms with van der Waals surface area (Å²) in [6.45, 7) is 7.45. The van der Waals surface area contributed by atoms with Crippen molar-refractivity contribution in [2.45, 2.75) is 58.5 Å². The summed E-state index contributed by atoms with van der Waals surface area (Å²) in [5, 5.41) is 0. The minimum Gasteiger partial charge on any atom is -0.444 e. The molecule has 0 spiro atoms. The van der Waals surface area contributed by atoms with Crippen molar-refractivity contribution in [1.29, 1.82) is 0 Å². The molecule has 1 fully saturated rings. The summed E-state index contributed by atoms with van der Waals surface area (Å²) < 4.78 is 5.43. The predicted molar refractivity (Wildman–Crippen MR) is 78.2 cm³/mol. The first-order valence-corrected chi connectivity index (χ1v) is 7.64. The molecule has 1 unspecified atom stereocenters. The normalized spacial score (nSPS) is 20.9. The van der Waals surface area contributed by atoms with E-state index in [2.05, 4.69) is 12.6 Å². The van der Waals surface area contributed by atoms with Gasteiger partial charge in [-0.05, 0) is 58.1 Å². The maximum Gasteiger partial charge on any atom is 0.410 e. The second-order valence-electron chi connectivity index (χ2n) is 6.15. The first kappa shape index (κ1) is 15.7. The quantitative estimate of drug-likeness (QED) is 0.624. The average Bonchev–Trinajstić information content (AvgIpc) is 2.27. The fourth-order valence-corrected chi connectivity index (χ4v) is 2.56. The van der Waals surface area contributed by atoms with Crippen LogP contribution < -0.4 is 0 Å². The minimum atomic E-state index is -0.393. The summed E-state index contributed by atoms with van der Waals surface area (Å²) in [7, 11) is 0. The molecule has 0 bridgehead atoms. The molecule has 0 aromatic carbocycles. The lowest BCUT2D eigenvalue weighted by atomic mass is 9.93. The van der Waals surface area contributed by atoms with E-state index in [4.69, 9.17) is 4.74 Å². The Bertz CT molecular complexity index is 263. The summed E-state index contributed by atoms with van der Waals surface area (Å²) in [5.41, 5.74) is -0.393. The van der Waals surface area contributed by atoms with E-state index >= 15 is 0 Å². The Morgan fingerprint density at radius 1 is 1.39 bits per heavy atom. The van der Waals surface area contributed by atoms with Gasteiger partial charge in [0.1, 0.15) is 5.60 Å². The molecule has 3 nitrogen and oxygen atoms in total. The smallest absolute Gasteiger partial charge is 0.410 e. The van der Waals surface area contributed by atoms with E-state index in [-0.39, 0.29) is 6.09 Å². The summed E-state index contributed by atoms with van der Waals surface area (Å²) in [6.07, 6.45) is 5.79. The molecule has 0 N–H and O–H groups in total. The molecule has 1 heterocycles. The number of amides is 1. The van der Waals surface area contributed by atoms with Gasteiger partial charge in [0.15, 0.2) is 0 Å². The van der Waals surface area contributed by atoms with Crippen LogP contribution in [0.15, 0.2) is 0 Å². The fourth-order valence-electron chi connectivity index (χ4n) is 2.34. The van der Waals surface area contributed by atoms with Crippen molar-refractivity contribution in [2.24, 2.45) is 5.92 Å². The lowest BCUT2D eigenvalue weighted by Gasteiger charge is -2.34. The highest BCUT2D eigenvalue weighted by molar-refractivity contribution is 7.80. The second-order valence-corrected chi connectivity index (χ2v) is 6.60. The number of nitrogens with zero attached hydrogens (tertiary/aromatic N) is 1. The van der Waals surface area contributed by atoms with Crippen molar-refractivity contribution >= 4 is 18.7 Å². The molecule has 1 atom stereocenters. The number of likely N-dealkylation sites (tertiary alicyclic amines) is 1. The third-order valence-corrected chi connectivity index (χ3v) is 3.51. The zero-order valence-electron chi connectivity index (χ0n) is 11.9. The van der Waals surface area contributed by atoms with Gasteiger partial charge in [-0.3, -0.25) is 0 Å². The Hall–Kier alpha value is -0.380. The Kier molecular flexibility index (Phi) is 6.33. The van der Waals surface area contributed by atoms with Gasteiger partial charge in [-0.2, -0.15) is 12.6 Å². The summed E-state index contributed by atoms with van der Waals surface area (Å²) in [6, 6.07) is 0. The molecule has 1 saturated heterocycles. The zero-order valence-corrected chi connectivity index (χ0v) is 12.8. The van der Waals surface area contributed by atoms with Crippen molar-refractivity contribution in [3.05, 3.63) is 0 Å². The Balaban J connectivity index is 2.36. The van der Waals surface area contributed by atoms with Gasteiger partial charge in [-0.1, -0.05) is 6.42 Å². The third kappa shape index (κ3) is 5.98. The van der Waals surface area contributed by atoms with Gasteiger partial charge in [0, 0.05) is 13.1 Å². The van der Waals surface area contributed by atoms with Gasteiger partial charge in [0.2, 0.25) is 0 Å². The Morgan fingerprint density at radius 2 is 2.11 bits per heavy atom. The lowest BCUT2D eigenvalue weighted by Crippen LogP contribution is -2.42. The zero-order chi connectivity index (χ0) is 13.6. The molecule has 0 aliphatic carbocycles. The summed E-state index contributed by atoms with van der Waals surface area (Å²) in [5.74, 6) is 1.61.